The molecule has 0 fully saturated rings. The molecule has 6 rings (SSSR count). The van der Waals surface area contributed by atoms with Gasteiger partial charge in [0.1, 0.15) is 0 Å². The van der Waals surface area contributed by atoms with Crippen LogP contribution in [0.15, 0.2) is 76.2 Å². The van der Waals surface area contributed by atoms with Gasteiger partial charge >= 0.3 is 0 Å². The largest absolute Gasteiger partial charge is 0.355 e. The first kappa shape index (κ1) is 23.2. The van der Waals surface area contributed by atoms with E-state index in [0.29, 0.717) is 11.8 Å². The molecule has 0 amide bonds. The maximum atomic E-state index is 5.27. The first-order chi connectivity index (χ1) is 17.4. The zero-order chi connectivity index (χ0) is 25.0. The summed E-state index contributed by atoms with van der Waals surface area (Å²) in [5.41, 5.74) is 15.0. The summed E-state index contributed by atoms with van der Waals surface area (Å²) in [5, 5.41) is 0. The molecule has 2 heterocycles. The fourth-order valence-electron chi connectivity index (χ4n) is 5.56. The Hall–Kier alpha value is -3.17. The van der Waals surface area contributed by atoms with E-state index in [1.807, 2.05) is 0 Å². The van der Waals surface area contributed by atoms with Crippen LogP contribution >= 0.6 is 15.9 Å². The summed E-state index contributed by atoms with van der Waals surface area (Å²) in [6.45, 7) is 9.07. The molecule has 0 atom stereocenters. The van der Waals surface area contributed by atoms with E-state index >= 15 is 0 Å². The van der Waals surface area contributed by atoms with Crippen LogP contribution in [0.1, 0.15) is 84.2 Å². The van der Waals surface area contributed by atoms with Gasteiger partial charge in [-0.1, -0.05) is 92.2 Å². The van der Waals surface area contributed by atoms with Crippen molar-refractivity contribution in [3.05, 3.63) is 116 Å². The molecule has 0 saturated heterocycles. The number of nitrogens with zero attached hydrogens (tertiary/aromatic N) is 1. The third-order valence-corrected chi connectivity index (χ3v) is 8.02. The molecule has 0 bridgehead atoms. The zero-order valence-corrected chi connectivity index (χ0v) is 22.9. The molecule has 4 aromatic rings. The minimum absolute atomic E-state index is 0.417. The van der Waals surface area contributed by atoms with Gasteiger partial charge in [-0.25, -0.2) is 4.99 Å². The standard InChI is InChI=1S/C33H31BrN2/c1-19(2)22-11-13-28(29(16-22)20(3)4)33-30-17-24(34)12-14-27(30)31(36-33)18-25-15-23-10-9-21-7-5-6-8-26(21)32(23)35-25/h5-8,11-20,35H,9-10H2,1-4H3. The number of benzene rings is 3. The molecule has 0 saturated carbocycles. The molecule has 0 radical (unpaired) electrons. The van der Waals surface area contributed by atoms with Crippen LogP contribution in [0.5, 0.6) is 0 Å². The quantitative estimate of drug-likeness (QED) is 0.270. The number of nitrogens with one attached hydrogen (secondary N) is 1. The van der Waals surface area contributed by atoms with Gasteiger partial charge in [-0.2, -0.15) is 0 Å². The summed E-state index contributed by atoms with van der Waals surface area (Å²) in [7, 11) is 0. The van der Waals surface area contributed by atoms with E-state index in [1.54, 1.807) is 0 Å². The summed E-state index contributed by atoms with van der Waals surface area (Å²) in [5.74, 6) is 0.920. The molecule has 180 valence electrons. The third kappa shape index (κ3) is 4.00. The Morgan fingerprint density at radius 3 is 2.36 bits per heavy atom. The lowest BCUT2D eigenvalue weighted by atomic mass is 9.87. The van der Waals surface area contributed by atoms with Gasteiger partial charge in [0, 0.05) is 38.1 Å². The summed E-state index contributed by atoms with van der Waals surface area (Å²) < 4.78 is 1.08. The van der Waals surface area contributed by atoms with E-state index in [9.17, 15) is 0 Å². The molecular formula is C33H31BrN2. The number of rotatable bonds is 4. The molecule has 3 aromatic carbocycles. The highest BCUT2D eigenvalue weighted by Crippen LogP contribution is 2.39. The maximum Gasteiger partial charge on any atom is 0.0791 e. The predicted octanol–water partition coefficient (Wildman–Crippen LogP) is 9.14. The smallest absolute Gasteiger partial charge is 0.0791 e. The van der Waals surface area contributed by atoms with E-state index < -0.39 is 0 Å². The lowest BCUT2D eigenvalue weighted by molar-refractivity contribution is 0.832. The second kappa shape index (κ2) is 9.05. The van der Waals surface area contributed by atoms with Gasteiger partial charge in [-0.3, -0.25) is 0 Å². The molecule has 2 nitrogen and oxygen atoms in total. The molecule has 3 heteroatoms. The number of hydrogen-bond acceptors (Lipinski definition) is 1. The van der Waals surface area contributed by atoms with Crippen molar-refractivity contribution in [2.75, 3.05) is 0 Å². The molecule has 1 aromatic heterocycles. The second-order valence-corrected chi connectivity index (χ2v) is 11.5. The van der Waals surface area contributed by atoms with Gasteiger partial charge in [-0.15, -0.1) is 0 Å². The number of hydrogen-bond donors (Lipinski definition) is 1. The highest BCUT2D eigenvalue weighted by Gasteiger charge is 2.25. The van der Waals surface area contributed by atoms with E-state index in [0.717, 1.165) is 34.4 Å². The van der Waals surface area contributed by atoms with Crippen molar-refractivity contribution >= 4 is 33.4 Å². The SMILES string of the molecule is CC(C)c1ccc(C2=NC(=Cc3cc4c([nH]3)-c3ccccc3CC4)c3ccc(Br)cc32)c(C(C)C)c1. The lowest BCUT2D eigenvalue weighted by Crippen LogP contribution is -2.07. The van der Waals surface area contributed by atoms with Crippen molar-refractivity contribution in [3.8, 4) is 11.3 Å². The average molecular weight is 536 g/mol. The maximum absolute atomic E-state index is 5.27. The molecule has 0 unspecified atom stereocenters. The Labute approximate surface area is 222 Å². The topological polar surface area (TPSA) is 28.1 Å². The Morgan fingerprint density at radius 1 is 0.778 bits per heavy atom. The van der Waals surface area contributed by atoms with E-state index in [2.05, 4.69) is 121 Å². The summed E-state index contributed by atoms with van der Waals surface area (Å²) in [6, 6.07) is 24.5. The number of aromatic nitrogens is 1. The van der Waals surface area contributed by atoms with Gasteiger partial charge in [0.15, 0.2) is 0 Å². The van der Waals surface area contributed by atoms with E-state index in [1.165, 1.54) is 50.2 Å². The molecular weight excluding hydrogens is 504 g/mol. The van der Waals surface area contributed by atoms with Gasteiger partial charge < -0.3 is 4.98 Å². The van der Waals surface area contributed by atoms with Crippen LogP contribution in [-0.4, -0.2) is 10.7 Å². The van der Waals surface area contributed by atoms with E-state index in [-0.39, 0.29) is 0 Å². The molecule has 1 aliphatic heterocycles. The molecule has 1 N–H and O–H groups in total. The second-order valence-electron chi connectivity index (χ2n) is 10.6. The number of fused-ring (bicyclic) bond motifs is 4. The van der Waals surface area contributed by atoms with Gasteiger partial charge in [0.05, 0.1) is 11.4 Å². The van der Waals surface area contributed by atoms with Crippen molar-refractivity contribution in [2.45, 2.75) is 52.4 Å². The van der Waals surface area contributed by atoms with Crippen LogP contribution in [0, 0.1) is 0 Å². The van der Waals surface area contributed by atoms with Crippen LogP contribution in [0.25, 0.3) is 23.0 Å². The Morgan fingerprint density at radius 2 is 1.56 bits per heavy atom. The van der Waals surface area contributed by atoms with Crippen molar-refractivity contribution in [3.63, 3.8) is 0 Å². The number of halogens is 1. The third-order valence-electron chi connectivity index (χ3n) is 7.53. The van der Waals surface area contributed by atoms with Gasteiger partial charge in [0.25, 0.3) is 0 Å². The number of aryl methyl sites for hydroxylation is 2. The van der Waals surface area contributed by atoms with Crippen LogP contribution in [0.4, 0.5) is 0 Å². The normalized spacial score (nSPS) is 15.3. The lowest BCUT2D eigenvalue weighted by Gasteiger charge is -2.17. The van der Waals surface area contributed by atoms with Gasteiger partial charge in [0.2, 0.25) is 0 Å². The van der Waals surface area contributed by atoms with Gasteiger partial charge in [-0.05, 0) is 71.2 Å². The van der Waals surface area contributed by atoms with Crippen LogP contribution < -0.4 is 0 Å². The summed E-state index contributed by atoms with van der Waals surface area (Å²) >= 11 is 3.70. The fraction of sp³-hybridized carbons (Fsp3) is 0.242. The van der Waals surface area contributed by atoms with Crippen molar-refractivity contribution in [1.29, 1.82) is 0 Å². The highest BCUT2D eigenvalue weighted by molar-refractivity contribution is 9.10. The zero-order valence-electron chi connectivity index (χ0n) is 21.3. The minimum atomic E-state index is 0.417. The summed E-state index contributed by atoms with van der Waals surface area (Å²) in [6.07, 6.45) is 4.39. The number of aliphatic imine (C=N–C) groups is 1. The highest BCUT2D eigenvalue weighted by atomic mass is 79.9. The van der Waals surface area contributed by atoms with Crippen molar-refractivity contribution < 1.29 is 0 Å². The van der Waals surface area contributed by atoms with E-state index in [4.69, 9.17) is 4.99 Å². The number of H-pyrrole nitrogens is 1. The molecule has 2 aliphatic rings. The Kier molecular flexibility index (Phi) is 5.84. The predicted molar refractivity (Wildman–Crippen MR) is 156 cm³/mol. The van der Waals surface area contributed by atoms with Crippen LogP contribution in [-0.2, 0) is 12.8 Å². The van der Waals surface area contributed by atoms with Crippen LogP contribution in [0.3, 0.4) is 0 Å². The Bertz CT molecular complexity index is 1550. The fourth-order valence-corrected chi connectivity index (χ4v) is 5.92. The first-order valence-electron chi connectivity index (χ1n) is 12.9. The van der Waals surface area contributed by atoms with Crippen LogP contribution in [0.2, 0.25) is 0 Å². The molecule has 0 spiro atoms. The monoisotopic (exact) mass is 534 g/mol. The molecule has 1 aliphatic carbocycles. The molecule has 36 heavy (non-hydrogen) atoms. The number of aromatic amines is 1. The minimum Gasteiger partial charge on any atom is -0.355 e. The van der Waals surface area contributed by atoms with Crippen molar-refractivity contribution in [1.82, 2.24) is 4.98 Å². The van der Waals surface area contributed by atoms with Crippen molar-refractivity contribution in [2.24, 2.45) is 4.99 Å². The Balaban J connectivity index is 1.48. The first-order valence-corrected chi connectivity index (χ1v) is 13.7. The summed E-state index contributed by atoms with van der Waals surface area (Å²) in [4.78, 5) is 8.98. The average Bonchev–Trinajstić information content (AvgIpc) is 3.44.